The van der Waals surface area contributed by atoms with Crippen LogP contribution < -0.4 is 0 Å². The monoisotopic (exact) mass is 415 g/mol. The second-order valence-corrected chi connectivity index (χ2v) is 8.56. The van der Waals surface area contributed by atoms with Gasteiger partial charge in [-0.1, -0.05) is 90.4 Å². The summed E-state index contributed by atoms with van der Waals surface area (Å²) in [5, 5.41) is 28.2. The summed E-state index contributed by atoms with van der Waals surface area (Å²) in [7, 11) is 0. The maximum atomic E-state index is 10.5. The molecule has 0 bridgehead atoms. The Bertz CT molecular complexity index is 352. The Labute approximate surface area is 179 Å². The molecule has 0 saturated carbocycles. The van der Waals surface area contributed by atoms with Gasteiger partial charge in [0.1, 0.15) is 0 Å². The topological polar surface area (TPSA) is 81.0 Å². The first kappa shape index (κ1) is 28.4. The molecule has 174 valence electrons. The first-order chi connectivity index (χ1) is 14.1. The average molecular weight is 416 g/mol. The molecule has 1 unspecified atom stereocenters. The van der Waals surface area contributed by atoms with Gasteiger partial charge < -0.3 is 15.3 Å². The van der Waals surface area contributed by atoms with Crippen LogP contribution in [0, 0.1) is 0 Å². The molecule has 0 aromatic heterocycles. The van der Waals surface area contributed by atoms with Crippen molar-refractivity contribution in [1.82, 2.24) is 4.90 Å². The standard InChI is InChI=1S/C24H49NO4/c1-2-3-4-5-6-7-8-9-11-14-17-23(27)22-25(20-21-26)19-16-13-10-12-15-18-24(28)29/h23,26-27H,2-22H2,1H3,(H,28,29). The van der Waals surface area contributed by atoms with Crippen LogP contribution >= 0.6 is 0 Å². The number of carboxylic acid groups (broad SMARTS) is 1. The molecular weight excluding hydrogens is 366 g/mol. The van der Waals surface area contributed by atoms with Gasteiger partial charge in [0.2, 0.25) is 0 Å². The molecule has 0 aliphatic carbocycles. The van der Waals surface area contributed by atoms with Gasteiger partial charge in [0, 0.05) is 19.5 Å². The van der Waals surface area contributed by atoms with Gasteiger partial charge >= 0.3 is 5.97 Å². The third kappa shape index (κ3) is 21.9. The van der Waals surface area contributed by atoms with Gasteiger partial charge in [0.15, 0.2) is 0 Å². The number of carboxylic acids is 1. The van der Waals surface area contributed by atoms with E-state index in [-0.39, 0.29) is 19.1 Å². The Balaban J connectivity index is 3.61. The predicted octanol–water partition coefficient (Wildman–Crippen LogP) is 5.38. The fourth-order valence-electron chi connectivity index (χ4n) is 3.83. The van der Waals surface area contributed by atoms with Crippen molar-refractivity contribution in [2.24, 2.45) is 0 Å². The number of unbranched alkanes of at least 4 members (excludes halogenated alkanes) is 13. The van der Waals surface area contributed by atoms with E-state index in [9.17, 15) is 15.0 Å². The van der Waals surface area contributed by atoms with Gasteiger partial charge in [-0.05, 0) is 25.8 Å². The predicted molar refractivity (Wildman–Crippen MR) is 121 cm³/mol. The van der Waals surface area contributed by atoms with Crippen molar-refractivity contribution in [3.05, 3.63) is 0 Å². The van der Waals surface area contributed by atoms with E-state index in [0.29, 0.717) is 13.1 Å². The van der Waals surface area contributed by atoms with Crippen LogP contribution in [0.5, 0.6) is 0 Å². The summed E-state index contributed by atoms with van der Waals surface area (Å²) in [6.45, 7) is 4.55. The second-order valence-electron chi connectivity index (χ2n) is 8.56. The number of aliphatic carboxylic acids is 1. The molecule has 0 fully saturated rings. The lowest BCUT2D eigenvalue weighted by Gasteiger charge is -2.24. The van der Waals surface area contributed by atoms with Crippen LogP contribution in [0.15, 0.2) is 0 Å². The van der Waals surface area contributed by atoms with Crippen molar-refractivity contribution in [1.29, 1.82) is 0 Å². The van der Waals surface area contributed by atoms with Gasteiger partial charge in [-0.3, -0.25) is 9.69 Å². The van der Waals surface area contributed by atoms with Crippen LogP contribution in [0.1, 0.15) is 116 Å². The van der Waals surface area contributed by atoms with Crippen molar-refractivity contribution in [2.45, 2.75) is 122 Å². The molecule has 0 aromatic rings. The van der Waals surface area contributed by atoms with E-state index in [2.05, 4.69) is 11.8 Å². The number of nitrogens with zero attached hydrogens (tertiary/aromatic N) is 1. The molecular formula is C24H49NO4. The Morgan fingerprint density at radius 2 is 1.28 bits per heavy atom. The maximum Gasteiger partial charge on any atom is 0.303 e. The lowest BCUT2D eigenvalue weighted by Crippen LogP contribution is -2.35. The average Bonchev–Trinajstić information content (AvgIpc) is 2.68. The highest BCUT2D eigenvalue weighted by atomic mass is 16.4. The van der Waals surface area contributed by atoms with Crippen LogP contribution in [0.4, 0.5) is 0 Å². The van der Waals surface area contributed by atoms with E-state index in [0.717, 1.165) is 51.5 Å². The molecule has 5 heteroatoms. The van der Waals surface area contributed by atoms with Gasteiger partial charge in [-0.25, -0.2) is 0 Å². The molecule has 0 aromatic carbocycles. The summed E-state index contributed by atoms with van der Waals surface area (Å²) in [6, 6.07) is 0. The molecule has 0 radical (unpaired) electrons. The van der Waals surface area contributed by atoms with Gasteiger partial charge in [0.25, 0.3) is 0 Å². The number of aliphatic hydroxyl groups is 2. The highest BCUT2D eigenvalue weighted by molar-refractivity contribution is 5.66. The lowest BCUT2D eigenvalue weighted by atomic mass is 10.0. The van der Waals surface area contributed by atoms with Crippen LogP contribution in [0.3, 0.4) is 0 Å². The molecule has 3 N–H and O–H groups in total. The Morgan fingerprint density at radius 3 is 1.83 bits per heavy atom. The highest BCUT2D eigenvalue weighted by Crippen LogP contribution is 2.13. The summed E-state index contributed by atoms with van der Waals surface area (Å²) < 4.78 is 0. The normalized spacial score (nSPS) is 12.6. The number of rotatable bonds is 23. The van der Waals surface area contributed by atoms with Gasteiger partial charge in [-0.2, -0.15) is 0 Å². The molecule has 0 aliphatic rings. The largest absolute Gasteiger partial charge is 0.481 e. The zero-order valence-corrected chi connectivity index (χ0v) is 19.1. The van der Waals surface area contributed by atoms with Crippen molar-refractivity contribution < 1.29 is 20.1 Å². The number of aliphatic hydroxyl groups excluding tert-OH is 2. The minimum absolute atomic E-state index is 0.129. The maximum absolute atomic E-state index is 10.5. The van der Waals surface area contributed by atoms with Gasteiger partial charge in [0.05, 0.1) is 12.7 Å². The molecule has 5 nitrogen and oxygen atoms in total. The first-order valence-corrected chi connectivity index (χ1v) is 12.3. The fraction of sp³-hybridized carbons (Fsp3) is 0.958. The van der Waals surface area contributed by atoms with Crippen LogP contribution in [-0.4, -0.2) is 58.5 Å². The summed E-state index contributed by atoms with van der Waals surface area (Å²) >= 11 is 0. The van der Waals surface area contributed by atoms with E-state index >= 15 is 0 Å². The van der Waals surface area contributed by atoms with Crippen LogP contribution in [-0.2, 0) is 4.79 Å². The lowest BCUT2D eigenvalue weighted by molar-refractivity contribution is -0.137. The molecule has 29 heavy (non-hydrogen) atoms. The SMILES string of the molecule is CCCCCCCCCCCCC(O)CN(CCO)CCCCCCCC(=O)O. The highest BCUT2D eigenvalue weighted by Gasteiger charge is 2.11. The van der Waals surface area contributed by atoms with E-state index in [4.69, 9.17) is 5.11 Å². The molecule has 1 atom stereocenters. The van der Waals surface area contributed by atoms with Crippen LogP contribution in [0.2, 0.25) is 0 Å². The molecule has 0 amide bonds. The van der Waals surface area contributed by atoms with Crippen molar-refractivity contribution in [3.8, 4) is 0 Å². The molecule has 0 saturated heterocycles. The molecule has 0 spiro atoms. The minimum atomic E-state index is -0.712. The smallest absolute Gasteiger partial charge is 0.303 e. The quantitative estimate of drug-likeness (QED) is 0.195. The zero-order valence-electron chi connectivity index (χ0n) is 19.1. The van der Waals surface area contributed by atoms with E-state index in [1.54, 1.807) is 0 Å². The van der Waals surface area contributed by atoms with Crippen molar-refractivity contribution >= 4 is 5.97 Å². The summed E-state index contributed by atoms with van der Waals surface area (Å²) in [6.07, 6.45) is 18.8. The fourth-order valence-corrected chi connectivity index (χ4v) is 3.83. The third-order valence-electron chi connectivity index (χ3n) is 5.64. The summed E-state index contributed by atoms with van der Waals surface area (Å²) in [5.74, 6) is -0.712. The van der Waals surface area contributed by atoms with Crippen molar-refractivity contribution in [2.75, 3.05) is 26.2 Å². The molecule has 0 rings (SSSR count). The third-order valence-corrected chi connectivity index (χ3v) is 5.64. The second kappa shape index (κ2) is 22.0. The number of carbonyl (C=O) groups is 1. The molecule has 0 heterocycles. The number of hydrogen-bond acceptors (Lipinski definition) is 4. The van der Waals surface area contributed by atoms with Crippen LogP contribution in [0.25, 0.3) is 0 Å². The van der Waals surface area contributed by atoms with Gasteiger partial charge in [-0.15, -0.1) is 0 Å². The summed E-state index contributed by atoms with van der Waals surface area (Å²) in [5.41, 5.74) is 0. The Kier molecular flexibility index (Phi) is 21.6. The van der Waals surface area contributed by atoms with E-state index < -0.39 is 5.97 Å². The zero-order chi connectivity index (χ0) is 21.6. The van der Waals surface area contributed by atoms with Crippen molar-refractivity contribution in [3.63, 3.8) is 0 Å². The van der Waals surface area contributed by atoms with E-state index in [1.807, 2.05) is 0 Å². The van der Waals surface area contributed by atoms with E-state index in [1.165, 1.54) is 57.8 Å². The Morgan fingerprint density at radius 1 is 0.759 bits per heavy atom. The Hall–Kier alpha value is -0.650. The number of hydrogen-bond donors (Lipinski definition) is 3. The summed E-state index contributed by atoms with van der Waals surface area (Å²) in [4.78, 5) is 12.6. The first-order valence-electron chi connectivity index (χ1n) is 12.3. The molecule has 0 aliphatic heterocycles. The minimum Gasteiger partial charge on any atom is -0.481 e.